The zero-order chi connectivity index (χ0) is 17.2. The summed E-state index contributed by atoms with van der Waals surface area (Å²) >= 11 is 0. The molecule has 0 saturated heterocycles. The van der Waals surface area contributed by atoms with E-state index in [9.17, 15) is 14.2 Å². The standard InChI is InChI=1S/C10H15N2O5P.C4H10/c1-8-7-12(10(14)11-9(8)13)5-3-2-4-6-18(15,16)17;1-3-4-2/h2-3,7H,4-6H2,1H3,(H,11,13,14)(H2,15,16,17);3-4H2,1-2H3/b3-2+;. The SMILES string of the molecule is CCCC.Cc1cn(C/C=C/CCP(=O)(O)O)c(=O)[nH]c1=O. The molecule has 0 bridgehead atoms. The normalized spacial score (nSPS) is 11.3. The van der Waals surface area contributed by atoms with Crippen LogP contribution in [0.3, 0.4) is 0 Å². The summed E-state index contributed by atoms with van der Waals surface area (Å²) < 4.78 is 11.9. The van der Waals surface area contributed by atoms with E-state index in [1.54, 1.807) is 19.1 Å². The van der Waals surface area contributed by atoms with E-state index in [1.807, 2.05) is 0 Å². The summed E-state index contributed by atoms with van der Waals surface area (Å²) in [6.07, 6.45) is 7.31. The number of allylic oxidation sites excluding steroid dienone is 2. The first kappa shape index (κ1) is 20.6. The minimum Gasteiger partial charge on any atom is -0.324 e. The van der Waals surface area contributed by atoms with E-state index in [0.717, 1.165) is 0 Å². The predicted octanol–water partition coefficient (Wildman–Crippen LogP) is 1.78. The van der Waals surface area contributed by atoms with E-state index >= 15 is 0 Å². The summed E-state index contributed by atoms with van der Waals surface area (Å²) in [6.45, 7) is 6.20. The Bertz CT molecular complexity index is 625. The third-order valence-corrected chi connectivity index (χ3v) is 3.59. The van der Waals surface area contributed by atoms with E-state index in [2.05, 4.69) is 18.8 Å². The topological polar surface area (TPSA) is 112 Å². The van der Waals surface area contributed by atoms with Gasteiger partial charge in [-0.1, -0.05) is 38.8 Å². The minimum atomic E-state index is -3.97. The molecule has 0 aromatic carbocycles. The summed E-state index contributed by atoms with van der Waals surface area (Å²) in [7, 11) is -3.97. The molecule has 0 radical (unpaired) electrons. The molecular formula is C14H25N2O5P. The van der Waals surface area contributed by atoms with Gasteiger partial charge in [0.05, 0.1) is 6.16 Å². The molecule has 0 aliphatic carbocycles. The van der Waals surface area contributed by atoms with Crippen LogP contribution in [0.4, 0.5) is 0 Å². The van der Waals surface area contributed by atoms with Gasteiger partial charge in [-0.15, -0.1) is 0 Å². The lowest BCUT2D eigenvalue weighted by Gasteiger charge is -2.02. The fourth-order valence-corrected chi connectivity index (χ4v) is 1.79. The molecule has 7 nitrogen and oxygen atoms in total. The highest BCUT2D eigenvalue weighted by Gasteiger charge is 2.09. The van der Waals surface area contributed by atoms with Gasteiger partial charge >= 0.3 is 13.3 Å². The van der Waals surface area contributed by atoms with Crippen molar-refractivity contribution >= 4 is 7.60 Å². The summed E-state index contributed by atoms with van der Waals surface area (Å²) in [5.74, 6) is 0. The Morgan fingerprint density at radius 1 is 1.23 bits per heavy atom. The van der Waals surface area contributed by atoms with Crippen molar-refractivity contribution in [2.45, 2.75) is 46.6 Å². The molecule has 0 amide bonds. The molecular weight excluding hydrogens is 307 g/mol. The molecule has 0 fully saturated rings. The van der Waals surface area contributed by atoms with Crippen LogP contribution in [0.2, 0.25) is 0 Å². The summed E-state index contributed by atoms with van der Waals surface area (Å²) in [5.41, 5.74) is -0.495. The predicted molar refractivity (Wildman–Crippen MR) is 87.3 cm³/mol. The van der Waals surface area contributed by atoms with Crippen LogP contribution in [0.15, 0.2) is 27.9 Å². The lowest BCUT2D eigenvalue weighted by Crippen LogP contribution is -2.30. The molecule has 1 aromatic rings. The molecule has 126 valence electrons. The van der Waals surface area contributed by atoms with E-state index in [0.29, 0.717) is 5.56 Å². The van der Waals surface area contributed by atoms with Crippen LogP contribution in [0, 0.1) is 6.92 Å². The zero-order valence-electron chi connectivity index (χ0n) is 13.3. The number of aromatic amines is 1. The smallest absolute Gasteiger partial charge is 0.324 e. The molecule has 1 heterocycles. The highest BCUT2D eigenvalue weighted by Crippen LogP contribution is 2.34. The van der Waals surface area contributed by atoms with Gasteiger partial charge in [0.15, 0.2) is 0 Å². The molecule has 0 spiro atoms. The average Bonchev–Trinajstić information content (AvgIpc) is 2.43. The van der Waals surface area contributed by atoms with Crippen LogP contribution < -0.4 is 11.2 Å². The third-order valence-electron chi connectivity index (χ3n) is 2.74. The molecule has 0 saturated carbocycles. The average molecular weight is 332 g/mol. The molecule has 1 rings (SSSR count). The third kappa shape index (κ3) is 9.50. The van der Waals surface area contributed by atoms with Crippen molar-refractivity contribution in [1.29, 1.82) is 0 Å². The summed E-state index contributed by atoms with van der Waals surface area (Å²) in [4.78, 5) is 41.9. The number of hydrogen-bond donors (Lipinski definition) is 3. The Balaban J connectivity index is 0.000000980. The molecule has 0 atom stereocenters. The van der Waals surface area contributed by atoms with Crippen LogP contribution in [-0.2, 0) is 11.1 Å². The lowest BCUT2D eigenvalue weighted by atomic mass is 10.3. The lowest BCUT2D eigenvalue weighted by molar-refractivity contribution is 0.373. The Hall–Kier alpha value is -1.43. The number of rotatable bonds is 6. The number of nitrogens with one attached hydrogen (secondary N) is 1. The summed E-state index contributed by atoms with van der Waals surface area (Å²) in [5, 5.41) is 0. The van der Waals surface area contributed by atoms with E-state index < -0.39 is 18.8 Å². The van der Waals surface area contributed by atoms with Gasteiger partial charge < -0.3 is 9.79 Å². The van der Waals surface area contributed by atoms with Crippen molar-refractivity contribution in [2.75, 3.05) is 6.16 Å². The first-order chi connectivity index (χ1) is 10.2. The van der Waals surface area contributed by atoms with Crippen LogP contribution >= 0.6 is 7.60 Å². The Labute approximate surface area is 129 Å². The van der Waals surface area contributed by atoms with Gasteiger partial charge in [-0.2, -0.15) is 0 Å². The largest absolute Gasteiger partial charge is 0.328 e. The minimum absolute atomic E-state index is 0.219. The van der Waals surface area contributed by atoms with Gasteiger partial charge in [0, 0.05) is 18.3 Å². The maximum Gasteiger partial charge on any atom is 0.328 e. The Morgan fingerprint density at radius 2 is 1.82 bits per heavy atom. The maximum absolute atomic E-state index is 11.4. The van der Waals surface area contributed by atoms with Gasteiger partial charge in [0.1, 0.15) is 0 Å². The highest BCUT2D eigenvalue weighted by atomic mass is 31.2. The molecule has 1 aromatic heterocycles. The molecule has 8 heteroatoms. The van der Waals surface area contributed by atoms with Crippen molar-refractivity contribution in [2.24, 2.45) is 0 Å². The molecule has 0 unspecified atom stereocenters. The monoisotopic (exact) mass is 332 g/mol. The van der Waals surface area contributed by atoms with Crippen molar-refractivity contribution in [1.82, 2.24) is 9.55 Å². The number of hydrogen-bond acceptors (Lipinski definition) is 3. The van der Waals surface area contributed by atoms with Crippen molar-refractivity contribution < 1.29 is 14.4 Å². The van der Waals surface area contributed by atoms with Gasteiger partial charge in [-0.25, -0.2) is 4.79 Å². The van der Waals surface area contributed by atoms with Crippen molar-refractivity contribution in [3.05, 3.63) is 44.8 Å². The highest BCUT2D eigenvalue weighted by molar-refractivity contribution is 7.51. The van der Waals surface area contributed by atoms with Crippen LogP contribution in [0.1, 0.15) is 38.7 Å². The number of nitrogens with zero attached hydrogens (tertiary/aromatic N) is 1. The molecule has 22 heavy (non-hydrogen) atoms. The Morgan fingerprint density at radius 3 is 2.32 bits per heavy atom. The molecule has 0 aliphatic heterocycles. The van der Waals surface area contributed by atoms with Crippen LogP contribution in [0.5, 0.6) is 0 Å². The van der Waals surface area contributed by atoms with Gasteiger partial charge in [0.25, 0.3) is 5.56 Å². The first-order valence-electron chi connectivity index (χ1n) is 7.21. The quantitative estimate of drug-likeness (QED) is 0.543. The Kier molecular flexibility index (Phi) is 9.65. The number of H-pyrrole nitrogens is 1. The fourth-order valence-electron chi connectivity index (χ4n) is 1.30. The van der Waals surface area contributed by atoms with Crippen LogP contribution in [-0.4, -0.2) is 25.5 Å². The van der Waals surface area contributed by atoms with Gasteiger partial charge in [-0.05, 0) is 13.3 Å². The second-order valence-electron chi connectivity index (χ2n) is 4.87. The van der Waals surface area contributed by atoms with Gasteiger partial charge in [-0.3, -0.25) is 18.9 Å². The van der Waals surface area contributed by atoms with Crippen LogP contribution in [0.25, 0.3) is 0 Å². The molecule has 0 aliphatic rings. The maximum atomic E-state index is 11.4. The van der Waals surface area contributed by atoms with E-state index in [-0.39, 0.29) is 19.1 Å². The fraction of sp³-hybridized carbons (Fsp3) is 0.571. The second kappa shape index (κ2) is 10.3. The van der Waals surface area contributed by atoms with E-state index in [4.69, 9.17) is 9.79 Å². The number of unbranched alkanes of at least 4 members (excludes halogenated alkanes) is 1. The first-order valence-corrected chi connectivity index (χ1v) is 9.01. The van der Waals surface area contributed by atoms with Gasteiger partial charge in [0.2, 0.25) is 0 Å². The zero-order valence-corrected chi connectivity index (χ0v) is 14.2. The van der Waals surface area contributed by atoms with Crippen molar-refractivity contribution in [3.8, 4) is 0 Å². The summed E-state index contributed by atoms with van der Waals surface area (Å²) in [6, 6.07) is 0. The number of aromatic nitrogens is 2. The van der Waals surface area contributed by atoms with E-state index in [1.165, 1.54) is 23.6 Å². The number of aryl methyl sites for hydroxylation is 1. The molecule has 3 N–H and O–H groups in total. The second-order valence-corrected chi connectivity index (χ2v) is 6.65. The van der Waals surface area contributed by atoms with Crippen molar-refractivity contribution in [3.63, 3.8) is 0 Å².